The highest BCUT2D eigenvalue weighted by atomic mass is 16.5. The van der Waals surface area contributed by atoms with E-state index in [4.69, 9.17) is 4.74 Å². The zero-order chi connectivity index (χ0) is 28.0. The standard InChI is InChI=1S/C32H43NO4/c1-10-31(36,11-2)19-18-24-14-15-25(20-22(24)5)32(12-3,13-4)26-16-17-27(23(6)21-26)28(34)33-30(7,8)29(35)37-9/h14-17,20-21,36H,10-13H2,1-9H3,(H,33,34). The number of nitrogens with one attached hydrogen (secondary N) is 1. The molecule has 0 aliphatic carbocycles. The Morgan fingerprint density at radius 3 is 1.89 bits per heavy atom. The molecule has 0 atom stereocenters. The first-order chi connectivity index (χ1) is 17.3. The number of rotatable bonds is 9. The molecule has 200 valence electrons. The third-order valence-electron chi connectivity index (χ3n) is 7.73. The van der Waals surface area contributed by atoms with Crippen LogP contribution in [-0.4, -0.2) is 35.2 Å². The number of ether oxygens (including phenoxy) is 1. The van der Waals surface area contributed by atoms with Crippen LogP contribution in [-0.2, 0) is 14.9 Å². The lowest BCUT2D eigenvalue weighted by atomic mass is 9.69. The Bertz CT molecular complexity index is 1190. The molecule has 0 aliphatic heterocycles. The van der Waals surface area contributed by atoms with Crippen molar-refractivity contribution in [1.82, 2.24) is 5.32 Å². The van der Waals surface area contributed by atoms with Crippen molar-refractivity contribution in [1.29, 1.82) is 0 Å². The van der Waals surface area contributed by atoms with Gasteiger partial charge in [0.2, 0.25) is 0 Å². The number of esters is 1. The number of benzene rings is 2. The third-order valence-corrected chi connectivity index (χ3v) is 7.73. The Morgan fingerprint density at radius 1 is 0.892 bits per heavy atom. The number of methoxy groups -OCH3 is 1. The summed E-state index contributed by atoms with van der Waals surface area (Å²) in [6, 6.07) is 12.3. The van der Waals surface area contributed by atoms with E-state index in [0.717, 1.165) is 35.1 Å². The molecule has 0 saturated heterocycles. The summed E-state index contributed by atoms with van der Waals surface area (Å²) < 4.78 is 4.81. The molecule has 0 radical (unpaired) electrons. The van der Waals surface area contributed by atoms with Crippen LogP contribution in [0.15, 0.2) is 36.4 Å². The Balaban J connectivity index is 2.47. The van der Waals surface area contributed by atoms with Crippen LogP contribution in [0.4, 0.5) is 0 Å². The second kappa shape index (κ2) is 12.0. The van der Waals surface area contributed by atoms with Gasteiger partial charge in [-0.2, -0.15) is 0 Å². The van der Waals surface area contributed by atoms with Gasteiger partial charge in [0, 0.05) is 16.5 Å². The van der Waals surface area contributed by atoms with Crippen molar-refractivity contribution in [3.63, 3.8) is 0 Å². The van der Waals surface area contributed by atoms with Gasteiger partial charge >= 0.3 is 5.97 Å². The van der Waals surface area contributed by atoms with Gasteiger partial charge < -0.3 is 15.2 Å². The largest absolute Gasteiger partial charge is 0.467 e. The highest BCUT2D eigenvalue weighted by Gasteiger charge is 2.33. The van der Waals surface area contributed by atoms with Crippen molar-refractivity contribution in [2.24, 2.45) is 0 Å². The highest BCUT2D eigenvalue weighted by molar-refractivity contribution is 5.99. The van der Waals surface area contributed by atoms with Crippen LogP contribution in [0.5, 0.6) is 0 Å². The quantitative estimate of drug-likeness (QED) is 0.324. The van der Waals surface area contributed by atoms with E-state index in [1.54, 1.807) is 13.8 Å². The summed E-state index contributed by atoms with van der Waals surface area (Å²) in [6.45, 7) is 15.5. The van der Waals surface area contributed by atoms with Gasteiger partial charge in [0.25, 0.3) is 5.91 Å². The molecule has 5 nitrogen and oxygen atoms in total. The number of aliphatic hydroxyl groups is 1. The van der Waals surface area contributed by atoms with Crippen molar-refractivity contribution in [2.45, 2.75) is 97.6 Å². The second-order valence-corrected chi connectivity index (χ2v) is 10.4. The molecule has 0 aromatic heterocycles. The maximum Gasteiger partial charge on any atom is 0.330 e. The van der Waals surface area contributed by atoms with Gasteiger partial charge in [0.05, 0.1) is 7.11 Å². The summed E-state index contributed by atoms with van der Waals surface area (Å²) in [5.74, 6) is 5.45. The van der Waals surface area contributed by atoms with Crippen LogP contribution in [0.2, 0.25) is 0 Å². The monoisotopic (exact) mass is 505 g/mol. The van der Waals surface area contributed by atoms with Crippen LogP contribution >= 0.6 is 0 Å². The molecule has 0 heterocycles. The molecule has 0 fully saturated rings. The van der Waals surface area contributed by atoms with Crippen LogP contribution in [0, 0.1) is 25.7 Å². The number of hydrogen-bond acceptors (Lipinski definition) is 4. The number of carbonyl (C=O) groups excluding carboxylic acids is 2. The van der Waals surface area contributed by atoms with Crippen LogP contribution in [0.3, 0.4) is 0 Å². The minimum absolute atomic E-state index is 0.227. The smallest absolute Gasteiger partial charge is 0.330 e. The average Bonchev–Trinajstić information content (AvgIpc) is 2.88. The lowest BCUT2D eigenvalue weighted by Gasteiger charge is -2.34. The molecule has 2 aromatic rings. The molecule has 0 bridgehead atoms. The zero-order valence-electron chi connectivity index (χ0n) is 24.0. The number of hydrogen-bond donors (Lipinski definition) is 2. The molecule has 2 rings (SSSR count). The van der Waals surface area contributed by atoms with Gasteiger partial charge in [-0.15, -0.1) is 0 Å². The summed E-state index contributed by atoms with van der Waals surface area (Å²) >= 11 is 0. The molecule has 5 heteroatoms. The normalized spacial score (nSPS) is 11.9. The van der Waals surface area contributed by atoms with E-state index in [1.165, 1.54) is 12.7 Å². The van der Waals surface area contributed by atoms with E-state index in [1.807, 2.05) is 39.0 Å². The molecule has 0 saturated carbocycles. The summed E-state index contributed by atoms with van der Waals surface area (Å²) in [7, 11) is 1.31. The molecule has 0 spiro atoms. The molecular formula is C32H43NO4. The molecule has 2 N–H and O–H groups in total. The lowest BCUT2D eigenvalue weighted by molar-refractivity contribution is -0.146. The predicted octanol–water partition coefficient (Wildman–Crippen LogP) is 5.99. The molecule has 0 unspecified atom stereocenters. The summed E-state index contributed by atoms with van der Waals surface area (Å²) in [4.78, 5) is 25.0. The first-order valence-corrected chi connectivity index (χ1v) is 13.2. The summed E-state index contributed by atoms with van der Waals surface area (Å²) in [5.41, 5.74) is 3.40. The minimum atomic E-state index is -1.13. The molecule has 37 heavy (non-hydrogen) atoms. The Kier molecular flexibility index (Phi) is 9.74. The van der Waals surface area contributed by atoms with Crippen molar-refractivity contribution in [3.8, 4) is 11.8 Å². The maximum atomic E-state index is 13.0. The van der Waals surface area contributed by atoms with Gasteiger partial charge in [-0.3, -0.25) is 4.79 Å². The summed E-state index contributed by atoms with van der Waals surface area (Å²) in [5, 5.41) is 13.3. The fraction of sp³-hybridized carbons (Fsp3) is 0.500. The number of carbonyl (C=O) groups is 2. The van der Waals surface area contributed by atoms with Crippen molar-refractivity contribution >= 4 is 11.9 Å². The maximum absolute atomic E-state index is 13.0. The van der Waals surface area contributed by atoms with Crippen LogP contribution in [0.25, 0.3) is 0 Å². The van der Waals surface area contributed by atoms with Crippen molar-refractivity contribution in [2.75, 3.05) is 7.11 Å². The topological polar surface area (TPSA) is 75.6 Å². The fourth-order valence-electron chi connectivity index (χ4n) is 4.82. The molecular weight excluding hydrogens is 462 g/mol. The molecule has 1 amide bonds. The van der Waals surface area contributed by atoms with Crippen molar-refractivity contribution < 1.29 is 19.4 Å². The highest BCUT2D eigenvalue weighted by Crippen LogP contribution is 2.40. The Hall–Kier alpha value is -3.10. The van der Waals surface area contributed by atoms with Crippen LogP contribution in [0.1, 0.15) is 105 Å². The first kappa shape index (κ1) is 30.1. The number of amides is 1. The van der Waals surface area contributed by atoms with Gasteiger partial charge in [0.1, 0.15) is 11.1 Å². The van der Waals surface area contributed by atoms with E-state index in [9.17, 15) is 14.7 Å². The minimum Gasteiger partial charge on any atom is -0.467 e. The second-order valence-electron chi connectivity index (χ2n) is 10.4. The van der Waals surface area contributed by atoms with E-state index >= 15 is 0 Å². The zero-order valence-corrected chi connectivity index (χ0v) is 24.0. The van der Waals surface area contributed by atoms with E-state index in [2.05, 4.69) is 56.1 Å². The molecule has 0 aliphatic rings. The summed E-state index contributed by atoms with van der Waals surface area (Å²) in [6.07, 6.45) is 2.96. The lowest BCUT2D eigenvalue weighted by Crippen LogP contribution is -2.50. The van der Waals surface area contributed by atoms with E-state index < -0.39 is 17.1 Å². The van der Waals surface area contributed by atoms with Crippen LogP contribution < -0.4 is 5.32 Å². The average molecular weight is 506 g/mol. The van der Waals surface area contributed by atoms with Gasteiger partial charge in [-0.05, 0) is 87.8 Å². The van der Waals surface area contributed by atoms with Gasteiger partial charge in [-0.1, -0.05) is 63.8 Å². The predicted molar refractivity (Wildman–Crippen MR) is 150 cm³/mol. The van der Waals surface area contributed by atoms with E-state index in [0.29, 0.717) is 18.4 Å². The van der Waals surface area contributed by atoms with Crippen molar-refractivity contribution in [3.05, 3.63) is 69.8 Å². The first-order valence-electron chi connectivity index (χ1n) is 13.2. The third kappa shape index (κ3) is 6.43. The SMILES string of the molecule is CCC(O)(C#Cc1ccc(C(CC)(CC)c2ccc(C(=O)NC(C)(C)C(=O)OC)c(C)c2)cc1C)CC. The Morgan fingerprint density at radius 2 is 1.43 bits per heavy atom. The van der Waals surface area contributed by atoms with E-state index in [-0.39, 0.29) is 11.3 Å². The molecule has 2 aromatic carbocycles. The fourth-order valence-corrected chi connectivity index (χ4v) is 4.82. The number of aryl methyl sites for hydroxylation is 2. The van der Waals surface area contributed by atoms with Gasteiger partial charge in [-0.25, -0.2) is 4.79 Å². The Labute approximate surface area is 223 Å². The van der Waals surface area contributed by atoms with Gasteiger partial charge in [0.15, 0.2) is 0 Å².